The van der Waals surface area contributed by atoms with E-state index >= 15 is 0 Å². The van der Waals surface area contributed by atoms with Crippen LogP contribution in [0, 0.1) is 0 Å². The Morgan fingerprint density at radius 2 is 1.94 bits per heavy atom. The lowest BCUT2D eigenvalue weighted by atomic mass is 10.0. The van der Waals surface area contributed by atoms with Crippen LogP contribution in [0.2, 0.25) is 0 Å². The molecule has 1 heterocycles. The van der Waals surface area contributed by atoms with E-state index in [-0.39, 0.29) is 0 Å². The quantitative estimate of drug-likeness (QED) is 0.574. The Morgan fingerprint density at radius 1 is 1.06 bits per heavy atom. The maximum Gasteiger partial charge on any atom is 0.142 e. The van der Waals surface area contributed by atoms with Crippen molar-refractivity contribution < 1.29 is 4.79 Å². The van der Waals surface area contributed by atoms with Crippen LogP contribution in [-0.4, -0.2) is 11.3 Å². The summed E-state index contributed by atoms with van der Waals surface area (Å²) in [6.07, 6.45) is 7.62. The van der Waals surface area contributed by atoms with Gasteiger partial charge in [-0.2, -0.15) is 0 Å². The summed E-state index contributed by atoms with van der Waals surface area (Å²) in [5, 5.41) is 0. The predicted molar refractivity (Wildman–Crippen MR) is 64.8 cm³/mol. The van der Waals surface area contributed by atoms with Crippen molar-refractivity contribution in [3.05, 3.63) is 60.4 Å². The van der Waals surface area contributed by atoms with Gasteiger partial charge in [0.25, 0.3) is 0 Å². The molecule has 0 saturated carbocycles. The molecule has 1 aromatic heterocycles. The molecule has 2 nitrogen and oxygen atoms in total. The van der Waals surface area contributed by atoms with Crippen LogP contribution < -0.4 is 0 Å². The lowest BCUT2D eigenvalue weighted by Crippen LogP contribution is -1.80. The molecule has 16 heavy (non-hydrogen) atoms. The SMILES string of the molecule is O=CC=Cc1cccc(-c2cccnc2)c1. The molecule has 2 heteroatoms. The van der Waals surface area contributed by atoms with Gasteiger partial charge in [-0.1, -0.05) is 30.3 Å². The van der Waals surface area contributed by atoms with E-state index in [1.165, 1.54) is 6.08 Å². The number of hydrogen-bond acceptors (Lipinski definition) is 2. The molecule has 0 amide bonds. The lowest BCUT2D eigenvalue weighted by molar-refractivity contribution is -0.104. The number of aromatic nitrogens is 1. The maximum absolute atomic E-state index is 10.2. The van der Waals surface area contributed by atoms with Gasteiger partial charge in [0.15, 0.2) is 0 Å². The van der Waals surface area contributed by atoms with Crippen molar-refractivity contribution in [2.75, 3.05) is 0 Å². The highest BCUT2D eigenvalue weighted by Gasteiger charge is 1.96. The van der Waals surface area contributed by atoms with E-state index in [1.54, 1.807) is 12.3 Å². The van der Waals surface area contributed by atoms with Gasteiger partial charge >= 0.3 is 0 Å². The Labute approximate surface area is 94.3 Å². The zero-order valence-electron chi connectivity index (χ0n) is 8.71. The van der Waals surface area contributed by atoms with Crippen molar-refractivity contribution in [2.45, 2.75) is 0 Å². The molecule has 0 bridgehead atoms. The Kier molecular flexibility index (Phi) is 3.24. The molecule has 78 valence electrons. The van der Waals surface area contributed by atoms with Crippen LogP contribution >= 0.6 is 0 Å². The third kappa shape index (κ3) is 2.42. The second kappa shape index (κ2) is 5.03. The minimum atomic E-state index is 0.775. The first-order valence-electron chi connectivity index (χ1n) is 5.02. The number of nitrogens with zero attached hydrogens (tertiary/aromatic N) is 1. The van der Waals surface area contributed by atoms with Gasteiger partial charge in [-0.15, -0.1) is 0 Å². The van der Waals surface area contributed by atoms with E-state index in [4.69, 9.17) is 0 Å². The molecule has 0 aliphatic carbocycles. The number of pyridine rings is 1. The maximum atomic E-state index is 10.2. The number of allylic oxidation sites excluding steroid dienone is 1. The normalized spacial score (nSPS) is 10.5. The number of rotatable bonds is 3. The fourth-order valence-corrected chi connectivity index (χ4v) is 1.51. The van der Waals surface area contributed by atoms with Gasteiger partial charge in [0.1, 0.15) is 6.29 Å². The second-order valence-electron chi connectivity index (χ2n) is 3.36. The molecule has 0 fully saturated rings. The fraction of sp³-hybridized carbons (Fsp3) is 0. The molecule has 0 N–H and O–H groups in total. The van der Waals surface area contributed by atoms with Gasteiger partial charge in [0.2, 0.25) is 0 Å². The van der Waals surface area contributed by atoms with E-state index in [1.807, 2.05) is 42.6 Å². The van der Waals surface area contributed by atoms with Crippen LogP contribution in [0.25, 0.3) is 17.2 Å². The number of carbonyl (C=O) groups is 1. The largest absolute Gasteiger partial charge is 0.299 e. The molecule has 0 aliphatic heterocycles. The molecular formula is C14H11NO. The molecule has 1 aromatic carbocycles. The zero-order valence-corrected chi connectivity index (χ0v) is 8.71. The summed E-state index contributed by atoms with van der Waals surface area (Å²) in [6.45, 7) is 0. The minimum Gasteiger partial charge on any atom is -0.299 e. The van der Waals surface area contributed by atoms with E-state index < -0.39 is 0 Å². The van der Waals surface area contributed by atoms with Crippen LogP contribution in [0.1, 0.15) is 5.56 Å². The second-order valence-corrected chi connectivity index (χ2v) is 3.36. The summed E-state index contributed by atoms with van der Waals surface area (Å²) in [5.74, 6) is 0. The summed E-state index contributed by atoms with van der Waals surface area (Å²) >= 11 is 0. The zero-order chi connectivity index (χ0) is 11.2. The van der Waals surface area contributed by atoms with Crippen molar-refractivity contribution >= 4 is 12.4 Å². The summed E-state index contributed by atoms with van der Waals surface area (Å²) in [6, 6.07) is 11.9. The van der Waals surface area contributed by atoms with Crippen molar-refractivity contribution in [3.63, 3.8) is 0 Å². The number of carbonyl (C=O) groups excluding carboxylic acids is 1. The minimum absolute atomic E-state index is 0.775. The van der Waals surface area contributed by atoms with Crippen molar-refractivity contribution in [2.24, 2.45) is 0 Å². The van der Waals surface area contributed by atoms with Gasteiger partial charge in [-0.25, -0.2) is 0 Å². The number of hydrogen-bond donors (Lipinski definition) is 0. The number of aldehydes is 1. The van der Waals surface area contributed by atoms with Crippen LogP contribution in [0.5, 0.6) is 0 Å². The third-order valence-electron chi connectivity index (χ3n) is 2.25. The standard InChI is InChI=1S/C14H11NO/c16-9-3-5-12-4-1-6-13(10-12)14-7-2-8-15-11-14/h1-11H. The molecular weight excluding hydrogens is 198 g/mol. The molecule has 0 aliphatic rings. The predicted octanol–water partition coefficient (Wildman–Crippen LogP) is 2.96. The highest BCUT2D eigenvalue weighted by molar-refractivity contribution is 5.75. The summed E-state index contributed by atoms with van der Waals surface area (Å²) in [5.41, 5.74) is 3.18. The van der Waals surface area contributed by atoms with Gasteiger partial charge in [-0.05, 0) is 29.3 Å². The fourth-order valence-electron chi connectivity index (χ4n) is 1.51. The number of benzene rings is 1. The van der Waals surface area contributed by atoms with Gasteiger partial charge < -0.3 is 0 Å². The van der Waals surface area contributed by atoms with Crippen molar-refractivity contribution in [3.8, 4) is 11.1 Å². The molecule has 0 spiro atoms. The molecule has 2 aromatic rings. The van der Waals surface area contributed by atoms with E-state index in [0.717, 1.165) is 23.0 Å². The first kappa shape index (κ1) is 10.3. The van der Waals surface area contributed by atoms with Crippen molar-refractivity contribution in [1.29, 1.82) is 0 Å². The Bertz CT molecular complexity index is 503. The smallest absolute Gasteiger partial charge is 0.142 e. The first-order valence-corrected chi connectivity index (χ1v) is 5.02. The Balaban J connectivity index is 2.36. The molecule has 0 radical (unpaired) electrons. The summed E-state index contributed by atoms with van der Waals surface area (Å²) in [7, 11) is 0. The molecule has 2 rings (SSSR count). The average molecular weight is 209 g/mol. The summed E-state index contributed by atoms with van der Waals surface area (Å²) < 4.78 is 0. The van der Waals surface area contributed by atoms with Gasteiger partial charge in [0.05, 0.1) is 0 Å². The monoisotopic (exact) mass is 209 g/mol. The van der Waals surface area contributed by atoms with Gasteiger partial charge in [-0.3, -0.25) is 9.78 Å². The van der Waals surface area contributed by atoms with Crippen LogP contribution in [0.4, 0.5) is 0 Å². The van der Waals surface area contributed by atoms with Crippen LogP contribution in [0.15, 0.2) is 54.9 Å². The highest BCUT2D eigenvalue weighted by atomic mass is 16.1. The van der Waals surface area contributed by atoms with E-state index in [9.17, 15) is 4.79 Å². The first-order chi connectivity index (χ1) is 7.90. The Morgan fingerprint density at radius 3 is 2.69 bits per heavy atom. The van der Waals surface area contributed by atoms with Crippen LogP contribution in [-0.2, 0) is 4.79 Å². The van der Waals surface area contributed by atoms with Crippen molar-refractivity contribution in [1.82, 2.24) is 4.98 Å². The molecule has 0 unspecified atom stereocenters. The lowest BCUT2D eigenvalue weighted by Gasteiger charge is -2.01. The topological polar surface area (TPSA) is 30.0 Å². The Hall–Kier alpha value is -2.22. The van der Waals surface area contributed by atoms with Crippen LogP contribution in [0.3, 0.4) is 0 Å². The molecule has 0 atom stereocenters. The highest BCUT2D eigenvalue weighted by Crippen LogP contribution is 2.19. The van der Waals surface area contributed by atoms with E-state index in [0.29, 0.717) is 0 Å². The van der Waals surface area contributed by atoms with E-state index in [2.05, 4.69) is 4.98 Å². The summed E-state index contributed by atoms with van der Waals surface area (Å²) in [4.78, 5) is 14.3. The average Bonchev–Trinajstić information content (AvgIpc) is 2.38. The third-order valence-corrected chi connectivity index (χ3v) is 2.25. The molecule has 0 saturated heterocycles. The van der Waals surface area contributed by atoms with Gasteiger partial charge in [0, 0.05) is 18.0 Å².